The topological polar surface area (TPSA) is 66.3 Å². The highest BCUT2D eigenvalue weighted by molar-refractivity contribution is 5.78. The second kappa shape index (κ2) is 10.3. The zero-order valence-corrected chi connectivity index (χ0v) is 19.0. The van der Waals surface area contributed by atoms with E-state index in [4.69, 9.17) is 5.10 Å². The first-order valence-corrected chi connectivity index (χ1v) is 11.6. The van der Waals surface area contributed by atoms with Crippen LogP contribution in [0.5, 0.6) is 0 Å². The van der Waals surface area contributed by atoms with Crippen molar-refractivity contribution in [3.8, 4) is 17.1 Å². The van der Waals surface area contributed by atoms with Crippen molar-refractivity contribution < 1.29 is 4.79 Å². The van der Waals surface area contributed by atoms with Crippen LogP contribution in [-0.2, 0) is 11.3 Å². The Balaban J connectivity index is 1.20. The Bertz CT molecular complexity index is 1140. The summed E-state index contributed by atoms with van der Waals surface area (Å²) < 4.78 is 1.88. The Hall–Kier alpha value is -3.97. The van der Waals surface area contributed by atoms with E-state index in [1.165, 1.54) is 5.69 Å². The molecule has 1 N–H and O–H groups in total. The highest BCUT2D eigenvalue weighted by Gasteiger charge is 2.19. The van der Waals surface area contributed by atoms with Gasteiger partial charge >= 0.3 is 0 Å². The van der Waals surface area contributed by atoms with E-state index in [2.05, 4.69) is 44.4 Å². The number of anilines is 1. The molecule has 7 nitrogen and oxygen atoms in total. The number of carbonyl (C=O) groups excluding carboxylic acids is 1. The third-order valence-electron chi connectivity index (χ3n) is 6.02. The van der Waals surface area contributed by atoms with Crippen LogP contribution in [0.25, 0.3) is 17.1 Å². The van der Waals surface area contributed by atoms with Crippen LogP contribution in [0.15, 0.2) is 91.1 Å². The molecule has 34 heavy (non-hydrogen) atoms. The number of rotatable bonds is 7. The lowest BCUT2D eigenvalue weighted by Gasteiger charge is -2.35. The van der Waals surface area contributed by atoms with Gasteiger partial charge in [0.25, 0.3) is 0 Å². The van der Waals surface area contributed by atoms with E-state index in [-0.39, 0.29) is 5.91 Å². The molecule has 172 valence electrons. The van der Waals surface area contributed by atoms with Crippen molar-refractivity contribution in [1.82, 2.24) is 25.0 Å². The van der Waals surface area contributed by atoms with Crippen molar-refractivity contribution in [2.45, 2.75) is 6.54 Å². The molecular weight excluding hydrogens is 424 g/mol. The number of nitrogens with one attached hydrogen (secondary N) is 1. The lowest BCUT2D eigenvalue weighted by Crippen LogP contribution is -2.49. The van der Waals surface area contributed by atoms with Crippen LogP contribution < -0.4 is 10.2 Å². The quantitative estimate of drug-likeness (QED) is 0.466. The summed E-state index contributed by atoms with van der Waals surface area (Å²) in [4.78, 5) is 21.7. The van der Waals surface area contributed by atoms with Crippen molar-refractivity contribution in [2.24, 2.45) is 0 Å². The van der Waals surface area contributed by atoms with Gasteiger partial charge in [0.15, 0.2) is 0 Å². The summed E-state index contributed by atoms with van der Waals surface area (Å²) in [5.74, 6) is 0.0156. The average Bonchev–Trinajstić information content (AvgIpc) is 3.34. The van der Waals surface area contributed by atoms with E-state index in [9.17, 15) is 4.79 Å². The van der Waals surface area contributed by atoms with E-state index < -0.39 is 0 Å². The van der Waals surface area contributed by atoms with Crippen LogP contribution in [0.2, 0.25) is 0 Å². The third-order valence-corrected chi connectivity index (χ3v) is 6.02. The summed E-state index contributed by atoms with van der Waals surface area (Å²) in [6, 6.07) is 28.2. The SMILES string of the molecule is O=C(CN1CCN(c2ccccc2)CC1)NCc1cc(-c2ccccn2)n(-c2ccccc2)n1. The number of pyridine rings is 1. The van der Waals surface area contributed by atoms with Crippen LogP contribution in [0.3, 0.4) is 0 Å². The maximum atomic E-state index is 12.7. The van der Waals surface area contributed by atoms with Gasteiger partial charge in [-0.25, -0.2) is 4.68 Å². The van der Waals surface area contributed by atoms with Crippen molar-refractivity contribution >= 4 is 11.6 Å². The van der Waals surface area contributed by atoms with Gasteiger partial charge in [-0.2, -0.15) is 5.10 Å². The Morgan fingerprint density at radius 3 is 2.18 bits per heavy atom. The second-order valence-electron chi connectivity index (χ2n) is 8.36. The van der Waals surface area contributed by atoms with Crippen molar-refractivity contribution in [3.63, 3.8) is 0 Å². The summed E-state index contributed by atoms with van der Waals surface area (Å²) in [5.41, 5.74) is 4.73. The molecular formula is C27H28N6O. The molecule has 0 saturated carbocycles. The second-order valence-corrected chi connectivity index (χ2v) is 8.36. The first-order valence-electron chi connectivity index (χ1n) is 11.6. The zero-order chi connectivity index (χ0) is 23.2. The molecule has 0 radical (unpaired) electrons. The first-order chi connectivity index (χ1) is 16.8. The number of para-hydroxylation sites is 2. The van der Waals surface area contributed by atoms with Crippen LogP contribution in [0, 0.1) is 0 Å². The van der Waals surface area contributed by atoms with Crippen molar-refractivity contribution in [1.29, 1.82) is 0 Å². The smallest absolute Gasteiger partial charge is 0.234 e. The lowest BCUT2D eigenvalue weighted by molar-refractivity contribution is -0.122. The number of aromatic nitrogens is 3. The molecule has 1 fully saturated rings. The molecule has 0 aliphatic carbocycles. The summed E-state index contributed by atoms with van der Waals surface area (Å²) in [6.07, 6.45) is 1.77. The normalized spacial score (nSPS) is 14.2. The molecule has 2 aromatic carbocycles. The van der Waals surface area contributed by atoms with Crippen LogP contribution in [0.4, 0.5) is 5.69 Å². The highest BCUT2D eigenvalue weighted by Crippen LogP contribution is 2.22. The van der Waals surface area contributed by atoms with Gasteiger partial charge in [0.2, 0.25) is 5.91 Å². The number of amides is 1. The fourth-order valence-electron chi connectivity index (χ4n) is 4.23. The standard InChI is InChI=1S/C27H28N6O/c34-27(21-31-15-17-32(18-16-31)23-9-3-1-4-10-23)29-20-22-19-26(25-13-7-8-14-28-25)33(30-22)24-11-5-2-6-12-24/h1-14,19H,15-18,20-21H2,(H,29,34). The van der Waals surface area contributed by atoms with Gasteiger partial charge in [0.05, 0.1) is 35.9 Å². The minimum Gasteiger partial charge on any atom is -0.369 e. The van der Waals surface area contributed by atoms with Crippen LogP contribution >= 0.6 is 0 Å². The molecule has 0 spiro atoms. The predicted molar refractivity (Wildman–Crippen MR) is 134 cm³/mol. The fraction of sp³-hybridized carbons (Fsp3) is 0.222. The van der Waals surface area contributed by atoms with Gasteiger partial charge in [0.1, 0.15) is 0 Å². The molecule has 0 atom stereocenters. The van der Waals surface area contributed by atoms with Crippen LogP contribution in [-0.4, -0.2) is 58.3 Å². The van der Waals surface area contributed by atoms with Crippen molar-refractivity contribution in [3.05, 3.63) is 96.8 Å². The maximum Gasteiger partial charge on any atom is 0.234 e. The van der Waals surface area contributed by atoms with Gasteiger partial charge < -0.3 is 10.2 Å². The fourth-order valence-corrected chi connectivity index (χ4v) is 4.23. The molecule has 1 aliphatic heterocycles. The summed E-state index contributed by atoms with van der Waals surface area (Å²) in [7, 11) is 0. The summed E-state index contributed by atoms with van der Waals surface area (Å²) in [6.45, 7) is 4.36. The Labute approximate surface area is 199 Å². The lowest BCUT2D eigenvalue weighted by atomic mass is 10.2. The van der Waals surface area contributed by atoms with Gasteiger partial charge in [-0.3, -0.25) is 14.7 Å². The molecule has 4 aromatic rings. The minimum atomic E-state index is 0.0156. The number of benzene rings is 2. The minimum absolute atomic E-state index is 0.0156. The van der Waals surface area contributed by atoms with Gasteiger partial charge in [-0.15, -0.1) is 0 Å². The molecule has 1 amide bonds. The number of hydrogen-bond acceptors (Lipinski definition) is 5. The molecule has 0 unspecified atom stereocenters. The Morgan fingerprint density at radius 1 is 0.824 bits per heavy atom. The predicted octanol–water partition coefficient (Wildman–Crippen LogP) is 3.37. The van der Waals surface area contributed by atoms with Crippen molar-refractivity contribution in [2.75, 3.05) is 37.6 Å². The Morgan fingerprint density at radius 2 is 1.50 bits per heavy atom. The van der Waals surface area contributed by atoms with Gasteiger partial charge in [0, 0.05) is 38.1 Å². The van der Waals surface area contributed by atoms with E-state index >= 15 is 0 Å². The van der Waals surface area contributed by atoms with Gasteiger partial charge in [-0.05, 0) is 42.5 Å². The van der Waals surface area contributed by atoms with Crippen LogP contribution in [0.1, 0.15) is 5.69 Å². The number of carbonyl (C=O) groups is 1. The number of hydrogen-bond donors (Lipinski definition) is 1. The molecule has 0 bridgehead atoms. The largest absolute Gasteiger partial charge is 0.369 e. The van der Waals surface area contributed by atoms with E-state index in [0.717, 1.165) is 48.9 Å². The van der Waals surface area contributed by atoms with E-state index in [1.54, 1.807) is 6.20 Å². The molecule has 2 aromatic heterocycles. The number of piperazine rings is 1. The molecule has 1 aliphatic rings. The molecule has 3 heterocycles. The first kappa shape index (κ1) is 21.9. The monoisotopic (exact) mass is 452 g/mol. The molecule has 7 heteroatoms. The summed E-state index contributed by atoms with van der Waals surface area (Å²) >= 11 is 0. The van der Waals surface area contributed by atoms with E-state index in [1.807, 2.05) is 65.3 Å². The zero-order valence-electron chi connectivity index (χ0n) is 19.0. The van der Waals surface area contributed by atoms with E-state index in [0.29, 0.717) is 13.1 Å². The Kier molecular flexibility index (Phi) is 6.63. The van der Waals surface area contributed by atoms with Gasteiger partial charge in [-0.1, -0.05) is 42.5 Å². The average molecular weight is 453 g/mol. The maximum absolute atomic E-state index is 12.7. The molecule has 5 rings (SSSR count). The summed E-state index contributed by atoms with van der Waals surface area (Å²) in [5, 5.41) is 7.80. The third kappa shape index (κ3) is 5.15. The molecule has 1 saturated heterocycles. The number of nitrogens with zero attached hydrogens (tertiary/aromatic N) is 5. The highest BCUT2D eigenvalue weighted by atomic mass is 16.2.